The van der Waals surface area contributed by atoms with Crippen LogP contribution in [0.25, 0.3) is 10.9 Å². The number of rotatable bonds is 6. The SMILES string of the molecule is Cc1ccccc1C(CC(=O)O)NC(=O)c1nn(C(C)C)c2ccccc12. The van der Waals surface area contributed by atoms with Gasteiger partial charge in [0, 0.05) is 11.4 Å². The van der Waals surface area contributed by atoms with E-state index >= 15 is 0 Å². The van der Waals surface area contributed by atoms with Gasteiger partial charge in [0.2, 0.25) is 0 Å². The van der Waals surface area contributed by atoms with Crippen molar-refractivity contribution in [3.8, 4) is 0 Å². The fourth-order valence-corrected chi connectivity index (χ4v) is 3.27. The molecule has 1 aromatic heterocycles. The molecule has 0 saturated heterocycles. The molecule has 1 atom stereocenters. The van der Waals surface area contributed by atoms with Crippen molar-refractivity contribution in [2.75, 3.05) is 0 Å². The predicted octanol–water partition coefficient (Wildman–Crippen LogP) is 3.87. The van der Waals surface area contributed by atoms with E-state index in [4.69, 9.17) is 0 Å². The van der Waals surface area contributed by atoms with Gasteiger partial charge in [0.05, 0.1) is 18.0 Å². The molecule has 0 spiro atoms. The zero-order chi connectivity index (χ0) is 19.6. The van der Waals surface area contributed by atoms with Crippen molar-refractivity contribution in [1.29, 1.82) is 0 Å². The molecule has 2 aromatic carbocycles. The number of nitrogens with one attached hydrogen (secondary N) is 1. The van der Waals surface area contributed by atoms with E-state index in [9.17, 15) is 14.7 Å². The number of carboxylic acids is 1. The summed E-state index contributed by atoms with van der Waals surface area (Å²) < 4.78 is 1.81. The molecule has 27 heavy (non-hydrogen) atoms. The minimum absolute atomic E-state index is 0.0997. The van der Waals surface area contributed by atoms with Crippen LogP contribution in [0.15, 0.2) is 48.5 Å². The Morgan fingerprint density at radius 1 is 1.11 bits per heavy atom. The van der Waals surface area contributed by atoms with E-state index in [1.54, 1.807) is 0 Å². The molecule has 1 amide bonds. The molecule has 0 fully saturated rings. The summed E-state index contributed by atoms with van der Waals surface area (Å²) in [5.74, 6) is -1.35. The van der Waals surface area contributed by atoms with Gasteiger partial charge in [-0.3, -0.25) is 14.3 Å². The summed E-state index contributed by atoms with van der Waals surface area (Å²) in [6.07, 6.45) is -0.195. The topological polar surface area (TPSA) is 84.2 Å². The van der Waals surface area contributed by atoms with E-state index < -0.39 is 12.0 Å². The highest BCUT2D eigenvalue weighted by Crippen LogP contribution is 2.24. The van der Waals surface area contributed by atoms with Crippen molar-refractivity contribution in [3.05, 3.63) is 65.4 Å². The summed E-state index contributed by atoms with van der Waals surface area (Å²) >= 11 is 0. The second-order valence-corrected chi connectivity index (χ2v) is 6.88. The van der Waals surface area contributed by atoms with Crippen molar-refractivity contribution in [2.24, 2.45) is 0 Å². The third-order valence-corrected chi connectivity index (χ3v) is 4.57. The third kappa shape index (κ3) is 3.84. The largest absolute Gasteiger partial charge is 0.481 e. The Balaban J connectivity index is 1.98. The number of aliphatic carboxylic acids is 1. The first-order chi connectivity index (χ1) is 12.9. The van der Waals surface area contributed by atoms with Crippen molar-refractivity contribution in [3.63, 3.8) is 0 Å². The monoisotopic (exact) mass is 365 g/mol. The van der Waals surface area contributed by atoms with Gasteiger partial charge in [-0.05, 0) is 38.0 Å². The van der Waals surface area contributed by atoms with E-state index in [0.717, 1.165) is 22.0 Å². The highest BCUT2D eigenvalue weighted by Gasteiger charge is 2.24. The molecule has 0 aliphatic carbocycles. The highest BCUT2D eigenvalue weighted by molar-refractivity contribution is 6.05. The van der Waals surface area contributed by atoms with Crippen LogP contribution in [0.5, 0.6) is 0 Å². The molecule has 6 heteroatoms. The van der Waals surface area contributed by atoms with Crippen LogP contribution in [0.4, 0.5) is 0 Å². The Kier molecular flexibility index (Phi) is 5.26. The average Bonchev–Trinajstić information content (AvgIpc) is 3.01. The first-order valence-corrected chi connectivity index (χ1v) is 8.94. The van der Waals surface area contributed by atoms with E-state index in [0.29, 0.717) is 5.69 Å². The lowest BCUT2D eigenvalue weighted by atomic mass is 9.98. The number of hydrogen-bond acceptors (Lipinski definition) is 3. The minimum Gasteiger partial charge on any atom is -0.481 e. The van der Waals surface area contributed by atoms with Crippen LogP contribution in [0, 0.1) is 6.92 Å². The summed E-state index contributed by atoms with van der Waals surface area (Å²) in [6, 6.07) is 14.5. The molecule has 140 valence electrons. The molecule has 3 rings (SSSR count). The van der Waals surface area contributed by atoms with Gasteiger partial charge in [0.25, 0.3) is 5.91 Å². The van der Waals surface area contributed by atoms with Crippen molar-refractivity contribution < 1.29 is 14.7 Å². The lowest BCUT2D eigenvalue weighted by molar-refractivity contribution is -0.137. The molecule has 6 nitrogen and oxygen atoms in total. The van der Waals surface area contributed by atoms with Crippen molar-refractivity contribution in [1.82, 2.24) is 15.1 Å². The molecule has 0 radical (unpaired) electrons. The Bertz CT molecular complexity index is 991. The molecule has 1 unspecified atom stereocenters. The van der Waals surface area contributed by atoms with Crippen LogP contribution in [0.2, 0.25) is 0 Å². The number of aryl methyl sites for hydroxylation is 1. The predicted molar refractivity (Wildman–Crippen MR) is 104 cm³/mol. The zero-order valence-corrected chi connectivity index (χ0v) is 15.6. The molecule has 0 aliphatic rings. The van der Waals surface area contributed by atoms with E-state index in [1.807, 2.05) is 74.0 Å². The van der Waals surface area contributed by atoms with Crippen molar-refractivity contribution in [2.45, 2.75) is 39.3 Å². The van der Waals surface area contributed by atoms with Crippen molar-refractivity contribution >= 4 is 22.8 Å². The van der Waals surface area contributed by atoms with Gasteiger partial charge in [-0.2, -0.15) is 5.10 Å². The number of carboxylic acid groups (broad SMARTS) is 1. The standard InChI is InChI=1S/C21H23N3O3/c1-13(2)24-18-11-7-6-10-16(18)20(23-24)21(27)22-17(12-19(25)26)15-9-5-4-8-14(15)3/h4-11,13,17H,12H2,1-3H3,(H,22,27)(H,25,26). The van der Waals surface area contributed by atoms with Gasteiger partial charge in [-0.25, -0.2) is 0 Å². The summed E-state index contributed by atoms with van der Waals surface area (Å²) in [7, 11) is 0. The number of nitrogens with zero attached hydrogens (tertiary/aromatic N) is 2. The lowest BCUT2D eigenvalue weighted by Crippen LogP contribution is -2.31. The number of amides is 1. The Labute approximate surface area is 157 Å². The van der Waals surface area contributed by atoms with E-state index in [2.05, 4.69) is 10.4 Å². The van der Waals surface area contributed by atoms with Crippen LogP contribution in [0.3, 0.4) is 0 Å². The molecule has 1 heterocycles. The number of hydrogen-bond donors (Lipinski definition) is 2. The maximum absolute atomic E-state index is 13.0. The van der Waals surface area contributed by atoms with Crippen LogP contribution < -0.4 is 5.32 Å². The molecule has 0 aliphatic heterocycles. The number of carbonyl (C=O) groups excluding carboxylic acids is 1. The summed E-state index contributed by atoms with van der Waals surface area (Å²) in [6.45, 7) is 5.91. The van der Waals surface area contributed by atoms with Crippen LogP contribution in [-0.4, -0.2) is 26.8 Å². The molecule has 0 bridgehead atoms. The Morgan fingerprint density at radius 2 is 1.78 bits per heavy atom. The zero-order valence-electron chi connectivity index (χ0n) is 15.6. The Morgan fingerprint density at radius 3 is 2.44 bits per heavy atom. The highest BCUT2D eigenvalue weighted by atomic mass is 16.4. The fraction of sp³-hybridized carbons (Fsp3) is 0.286. The molecule has 2 N–H and O–H groups in total. The third-order valence-electron chi connectivity index (χ3n) is 4.57. The second kappa shape index (κ2) is 7.61. The fourth-order valence-electron chi connectivity index (χ4n) is 3.27. The maximum atomic E-state index is 13.0. The smallest absolute Gasteiger partial charge is 0.305 e. The Hall–Kier alpha value is -3.15. The lowest BCUT2D eigenvalue weighted by Gasteiger charge is -2.19. The summed E-state index contributed by atoms with van der Waals surface area (Å²) in [5.41, 5.74) is 2.91. The first-order valence-electron chi connectivity index (χ1n) is 8.94. The van der Waals surface area contributed by atoms with Crippen LogP contribution in [0.1, 0.15) is 54.0 Å². The summed E-state index contributed by atoms with van der Waals surface area (Å²) in [5, 5.41) is 17.4. The molecular weight excluding hydrogens is 342 g/mol. The number of carbonyl (C=O) groups is 2. The first kappa shape index (κ1) is 18.6. The molecule has 0 saturated carbocycles. The normalized spacial score (nSPS) is 12.3. The van der Waals surface area contributed by atoms with Gasteiger partial charge < -0.3 is 10.4 Å². The molecular formula is C21H23N3O3. The van der Waals surface area contributed by atoms with E-state index in [1.165, 1.54) is 0 Å². The van der Waals surface area contributed by atoms with Gasteiger partial charge in [0.15, 0.2) is 5.69 Å². The van der Waals surface area contributed by atoms with Crippen LogP contribution in [-0.2, 0) is 4.79 Å². The summed E-state index contributed by atoms with van der Waals surface area (Å²) in [4.78, 5) is 24.3. The average molecular weight is 365 g/mol. The number of para-hydroxylation sites is 1. The second-order valence-electron chi connectivity index (χ2n) is 6.88. The van der Waals surface area contributed by atoms with Gasteiger partial charge in [-0.1, -0.05) is 42.5 Å². The van der Waals surface area contributed by atoms with E-state index in [-0.39, 0.29) is 18.4 Å². The minimum atomic E-state index is -0.971. The number of benzene rings is 2. The van der Waals surface area contributed by atoms with Gasteiger partial charge in [-0.15, -0.1) is 0 Å². The quantitative estimate of drug-likeness (QED) is 0.694. The molecule has 3 aromatic rings. The van der Waals surface area contributed by atoms with Gasteiger partial charge >= 0.3 is 5.97 Å². The van der Waals surface area contributed by atoms with Gasteiger partial charge in [0.1, 0.15) is 0 Å². The number of aromatic nitrogens is 2. The maximum Gasteiger partial charge on any atom is 0.305 e. The van der Waals surface area contributed by atoms with Crippen LogP contribution >= 0.6 is 0 Å². The number of fused-ring (bicyclic) bond motifs is 1.